The number of carbonyl (C=O) groups excluding carboxylic acids is 1. The van der Waals surface area contributed by atoms with E-state index in [1.165, 1.54) is 0 Å². The monoisotopic (exact) mass is 416 g/mol. The Morgan fingerprint density at radius 1 is 0.769 bits per heavy atom. The topological polar surface area (TPSA) is 44.8 Å². The van der Waals surface area contributed by atoms with Crippen LogP contribution in [-0.4, -0.2) is 48.6 Å². The minimum atomic E-state index is -7.09. The fraction of sp³-hybridized carbons (Fsp3) is 0.909. The predicted octanol–water partition coefficient (Wildman–Crippen LogP) is 4.34. The molecule has 0 N–H and O–H groups in total. The predicted molar refractivity (Wildman–Crippen MR) is 58.7 cm³/mol. The Hall–Kier alpha value is -1.38. The quantitative estimate of drug-likeness (QED) is 0.437. The molecule has 0 unspecified atom stereocenters. The zero-order chi connectivity index (χ0) is 21.4. The lowest BCUT2D eigenvalue weighted by molar-refractivity contribution is -0.499. The maximum absolute atomic E-state index is 13.7. The Morgan fingerprint density at radius 3 is 1.54 bits per heavy atom. The number of rotatable bonds is 8. The zero-order valence-electron chi connectivity index (χ0n) is 13.0. The van der Waals surface area contributed by atoms with Gasteiger partial charge in [0.2, 0.25) is 0 Å². The molecule has 0 bridgehead atoms. The Bertz CT molecular complexity index is 513. The molecule has 0 saturated heterocycles. The Morgan fingerprint density at radius 2 is 1.19 bits per heavy atom. The first-order valence-electron chi connectivity index (χ1n) is 6.30. The van der Waals surface area contributed by atoms with Gasteiger partial charge in [-0.25, -0.2) is 9.18 Å². The largest absolute Gasteiger partial charge is 0.462 e. The van der Waals surface area contributed by atoms with E-state index in [9.17, 15) is 53.1 Å². The van der Waals surface area contributed by atoms with E-state index in [1.807, 2.05) is 0 Å². The Labute approximate surface area is 138 Å². The van der Waals surface area contributed by atoms with Crippen LogP contribution in [0.1, 0.15) is 20.8 Å². The molecule has 0 rings (SSSR count). The van der Waals surface area contributed by atoms with Crippen molar-refractivity contribution in [1.29, 1.82) is 0 Å². The van der Waals surface area contributed by atoms with E-state index in [0.717, 1.165) is 6.92 Å². The van der Waals surface area contributed by atoms with E-state index in [1.54, 1.807) is 0 Å². The highest BCUT2D eigenvalue weighted by atomic mass is 19.4. The van der Waals surface area contributed by atoms with Gasteiger partial charge in [-0.1, -0.05) is 0 Å². The second-order valence-corrected chi connectivity index (χ2v) is 4.86. The molecule has 0 aromatic carbocycles. The van der Waals surface area contributed by atoms with E-state index in [-0.39, 0.29) is 6.92 Å². The fourth-order valence-corrected chi connectivity index (χ4v) is 1.16. The highest BCUT2D eigenvalue weighted by Crippen LogP contribution is 2.51. The van der Waals surface area contributed by atoms with Gasteiger partial charge < -0.3 is 4.74 Å². The van der Waals surface area contributed by atoms with Gasteiger partial charge in [0.05, 0.1) is 6.61 Å². The summed E-state index contributed by atoms with van der Waals surface area (Å²) in [6.45, 7) is -0.340. The fourth-order valence-electron chi connectivity index (χ4n) is 1.16. The van der Waals surface area contributed by atoms with Gasteiger partial charge in [-0.2, -0.15) is 43.9 Å². The lowest BCUT2D eigenvalue weighted by Crippen LogP contribution is -2.60. The van der Waals surface area contributed by atoms with Gasteiger partial charge in [-0.15, -0.1) is 0 Å². The van der Waals surface area contributed by atoms with Crippen molar-refractivity contribution < 1.29 is 67.3 Å². The standard InChI is InChI=1S/C11H11F11O4/c1-4-24-5(23)6(2,12)25-10(19,20)7(3,13)26-11(21,22)8(14,15)9(16,17)18/h4H2,1-3H3/t6-,7-/m1/s1. The summed E-state index contributed by atoms with van der Waals surface area (Å²) in [4.78, 5) is 11.0. The molecule has 156 valence electrons. The van der Waals surface area contributed by atoms with Gasteiger partial charge in [0, 0.05) is 13.8 Å². The molecule has 0 amide bonds. The molecular formula is C11H11F11O4. The van der Waals surface area contributed by atoms with Crippen molar-refractivity contribution in [1.82, 2.24) is 0 Å². The average molecular weight is 416 g/mol. The third-order valence-electron chi connectivity index (χ3n) is 2.52. The van der Waals surface area contributed by atoms with Gasteiger partial charge >= 0.3 is 42.0 Å². The second-order valence-electron chi connectivity index (χ2n) is 4.86. The molecule has 0 aliphatic carbocycles. The molecule has 0 aromatic heterocycles. The first-order valence-corrected chi connectivity index (χ1v) is 6.30. The summed E-state index contributed by atoms with van der Waals surface area (Å²) in [6, 6.07) is 0. The van der Waals surface area contributed by atoms with E-state index >= 15 is 0 Å². The summed E-state index contributed by atoms with van der Waals surface area (Å²) in [5, 5.41) is 0. The van der Waals surface area contributed by atoms with Crippen LogP contribution in [0.5, 0.6) is 0 Å². The van der Waals surface area contributed by atoms with Crippen molar-refractivity contribution >= 4 is 5.97 Å². The lowest BCUT2D eigenvalue weighted by Gasteiger charge is -2.36. The van der Waals surface area contributed by atoms with E-state index in [0.29, 0.717) is 0 Å². The average Bonchev–Trinajstić information content (AvgIpc) is 2.34. The molecule has 4 nitrogen and oxygen atoms in total. The van der Waals surface area contributed by atoms with Crippen LogP contribution in [0.4, 0.5) is 48.3 Å². The van der Waals surface area contributed by atoms with Gasteiger partial charge in [-0.3, -0.25) is 9.47 Å². The van der Waals surface area contributed by atoms with Crippen LogP contribution in [-0.2, 0) is 19.0 Å². The van der Waals surface area contributed by atoms with Crippen LogP contribution in [0.2, 0.25) is 0 Å². The molecule has 0 fully saturated rings. The Kier molecular flexibility index (Phi) is 6.61. The number of ether oxygens (including phenoxy) is 3. The molecule has 0 spiro atoms. The minimum Gasteiger partial charge on any atom is -0.462 e. The summed E-state index contributed by atoms with van der Waals surface area (Å²) < 4.78 is 150. The summed E-state index contributed by atoms with van der Waals surface area (Å²) in [7, 11) is 0. The highest BCUT2D eigenvalue weighted by Gasteiger charge is 2.78. The third kappa shape index (κ3) is 4.86. The summed E-state index contributed by atoms with van der Waals surface area (Å²) in [5.41, 5.74) is 0. The molecular weight excluding hydrogens is 405 g/mol. The second kappa shape index (κ2) is 6.98. The van der Waals surface area contributed by atoms with Gasteiger partial charge in [-0.05, 0) is 6.92 Å². The maximum Gasteiger partial charge on any atom is 0.462 e. The molecule has 26 heavy (non-hydrogen) atoms. The summed E-state index contributed by atoms with van der Waals surface area (Å²) >= 11 is 0. The lowest BCUT2D eigenvalue weighted by atomic mass is 10.2. The van der Waals surface area contributed by atoms with E-state index < -0.39 is 55.5 Å². The van der Waals surface area contributed by atoms with Crippen LogP contribution >= 0.6 is 0 Å². The minimum absolute atomic E-state index is 0.0859. The van der Waals surface area contributed by atoms with Crippen molar-refractivity contribution in [2.45, 2.75) is 56.8 Å². The number of hydrogen-bond donors (Lipinski definition) is 0. The van der Waals surface area contributed by atoms with Gasteiger partial charge in [0.15, 0.2) is 0 Å². The molecule has 0 aliphatic rings. The van der Waals surface area contributed by atoms with Gasteiger partial charge in [0.25, 0.3) is 0 Å². The van der Waals surface area contributed by atoms with Gasteiger partial charge in [0.1, 0.15) is 0 Å². The van der Waals surface area contributed by atoms with E-state index in [4.69, 9.17) is 0 Å². The van der Waals surface area contributed by atoms with Crippen molar-refractivity contribution in [2.75, 3.05) is 6.61 Å². The summed E-state index contributed by atoms with van der Waals surface area (Å²) in [6.07, 6.45) is -19.8. The first-order chi connectivity index (χ1) is 11.1. The summed E-state index contributed by atoms with van der Waals surface area (Å²) in [5.74, 6) is -18.9. The number of halogens is 11. The smallest absolute Gasteiger partial charge is 0.462 e. The van der Waals surface area contributed by atoms with Crippen molar-refractivity contribution in [3.05, 3.63) is 0 Å². The molecule has 0 aliphatic heterocycles. The number of esters is 1. The molecule has 2 atom stereocenters. The van der Waals surface area contributed by atoms with Crippen molar-refractivity contribution in [3.8, 4) is 0 Å². The number of hydrogen-bond acceptors (Lipinski definition) is 4. The van der Waals surface area contributed by atoms with Crippen LogP contribution < -0.4 is 0 Å². The van der Waals surface area contributed by atoms with Crippen molar-refractivity contribution in [2.24, 2.45) is 0 Å². The van der Waals surface area contributed by atoms with E-state index in [2.05, 4.69) is 14.2 Å². The van der Waals surface area contributed by atoms with Crippen LogP contribution in [0.3, 0.4) is 0 Å². The molecule has 0 heterocycles. The Balaban J connectivity index is 5.63. The SMILES string of the molecule is CCOC(=O)[C@](C)(F)OC(F)(F)[C@](C)(F)OC(F)(F)C(F)(F)C(F)(F)F. The normalized spacial score (nSPS) is 18.8. The highest BCUT2D eigenvalue weighted by molar-refractivity contribution is 5.77. The van der Waals surface area contributed by atoms with Crippen LogP contribution in [0.15, 0.2) is 0 Å². The number of carbonyl (C=O) groups is 1. The molecule has 0 radical (unpaired) electrons. The van der Waals surface area contributed by atoms with Crippen LogP contribution in [0, 0.1) is 0 Å². The molecule has 0 aromatic rings. The van der Waals surface area contributed by atoms with Crippen LogP contribution in [0.25, 0.3) is 0 Å². The zero-order valence-corrected chi connectivity index (χ0v) is 13.0. The third-order valence-corrected chi connectivity index (χ3v) is 2.52. The van der Waals surface area contributed by atoms with Crippen molar-refractivity contribution in [3.63, 3.8) is 0 Å². The molecule has 0 saturated carbocycles. The number of alkyl halides is 11. The first kappa shape index (κ1) is 24.6. The molecule has 15 heteroatoms. The maximum atomic E-state index is 13.7.